The zero-order chi connectivity index (χ0) is 10.6. The van der Waals surface area contributed by atoms with E-state index >= 15 is 0 Å². The van der Waals surface area contributed by atoms with E-state index in [9.17, 15) is 4.79 Å². The Morgan fingerprint density at radius 2 is 2.57 bits per heavy atom. The maximum atomic E-state index is 10.5. The molecule has 0 saturated carbocycles. The molecular formula is C8H9N3O2S. The number of nitrogens with zero attached hydrogens (tertiary/aromatic N) is 3. The number of anilines is 1. The summed E-state index contributed by atoms with van der Waals surface area (Å²) in [5, 5.41) is 19.1. The third kappa shape index (κ3) is 2.44. The largest absolute Gasteiger partial charge is 0.476 e. The molecule has 0 saturated heterocycles. The number of aromatic nitrogens is 1. The van der Waals surface area contributed by atoms with Gasteiger partial charge in [-0.1, -0.05) is 0 Å². The van der Waals surface area contributed by atoms with Crippen LogP contribution in [-0.2, 0) is 0 Å². The lowest BCUT2D eigenvalue weighted by molar-refractivity contribution is 0.0691. The Kier molecular flexibility index (Phi) is 3.42. The highest BCUT2D eigenvalue weighted by molar-refractivity contribution is 7.13. The van der Waals surface area contributed by atoms with Gasteiger partial charge in [0.25, 0.3) is 0 Å². The number of hydrogen-bond donors (Lipinski definition) is 1. The van der Waals surface area contributed by atoms with Crippen LogP contribution in [0.5, 0.6) is 0 Å². The van der Waals surface area contributed by atoms with Crippen LogP contribution >= 0.6 is 11.3 Å². The number of carboxylic acid groups (broad SMARTS) is 1. The summed E-state index contributed by atoms with van der Waals surface area (Å²) in [5.74, 6) is -1.03. The summed E-state index contributed by atoms with van der Waals surface area (Å²) in [6.45, 7) is 0.559. The van der Waals surface area contributed by atoms with Gasteiger partial charge in [-0.2, -0.15) is 5.26 Å². The Hall–Kier alpha value is -1.61. The predicted molar refractivity (Wildman–Crippen MR) is 52.6 cm³/mol. The lowest BCUT2D eigenvalue weighted by Gasteiger charge is -2.12. The van der Waals surface area contributed by atoms with Crippen LogP contribution in [0, 0.1) is 11.3 Å². The quantitative estimate of drug-likeness (QED) is 0.809. The number of hydrogen-bond acceptors (Lipinski definition) is 5. The number of thiazole rings is 1. The van der Waals surface area contributed by atoms with Crippen LogP contribution in [0.4, 0.5) is 5.13 Å². The summed E-state index contributed by atoms with van der Waals surface area (Å²) in [6.07, 6.45) is 0.401. The van der Waals surface area contributed by atoms with Crippen molar-refractivity contribution in [3.8, 4) is 6.07 Å². The first-order chi connectivity index (χ1) is 6.65. The number of carboxylic acids is 1. The Morgan fingerprint density at radius 3 is 3.07 bits per heavy atom. The first-order valence-electron chi connectivity index (χ1n) is 3.92. The topological polar surface area (TPSA) is 77.2 Å². The van der Waals surface area contributed by atoms with Gasteiger partial charge in [-0.25, -0.2) is 9.78 Å². The van der Waals surface area contributed by atoms with Crippen molar-refractivity contribution in [2.75, 3.05) is 18.5 Å². The van der Waals surface area contributed by atoms with Crippen molar-refractivity contribution in [3.05, 3.63) is 11.1 Å². The fourth-order valence-electron chi connectivity index (χ4n) is 0.851. The molecule has 0 aliphatic rings. The molecule has 6 heteroatoms. The third-order valence-electron chi connectivity index (χ3n) is 1.60. The van der Waals surface area contributed by atoms with Crippen LogP contribution in [0.15, 0.2) is 5.38 Å². The van der Waals surface area contributed by atoms with Gasteiger partial charge in [0.2, 0.25) is 0 Å². The molecule has 0 amide bonds. The molecule has 0 spiro atoms. The molecule has 1 aromatic heterocycles. The smallest absolute Gasteiger partial charge is 0.355 e. The van der Waals surface area contributed by atoms with E-state index < -0.39 is 5.97 Å². The molecule has 0 atom stereocenters. The van der Waals surface area contributed by atoms with Gasteiger partial charge in [0.1, 0.15) is 0 Å². The van der Waals surface area contributed by atoms with Crippen molar-refractivity contribution < 1.29 is 9.90 Å². The van der Waals surface area contributed by atoms with E-state index in [0.717, 1.165) is 0 Å². The second-order valence-corrected chi connectivity index (χ2v) is 3.49. The minimum absolute atomic E-state index is 0.0498. The van der Waals surface area contributed by atoms with Gasteiger partial charge < -0.3 is 10.0 Å². The standard InChI is InChI=1S/C8H9N3O2S/c1-11(4-2-3-9)8-10-6(5-14-8)7(12)13/h5H,2,4H2,1H3,(H,12,13). The van der Waals surface area contributed by atoms with Crippen LogP contribution in [0.3, 0.4) is 0 Å². The SMILES string of the molecule is CN(CCC#N)c1nc(C(=O)O)cs1. The minimum Gasteiger partial charge on any atom is -0.476 e. The molecule has 14 heavy (non-hydrogen) atoms. The van der Waals surface area contributed by atoms with E-state index in [-0.39, 0.29) is 5.69 Å². The van der Waals surface area contributed by atoms with Gasteiger partial charge in [-0.3, -0.25) is 0 Å². The highest BCUT2D eigenvalue weighted by Crippen LogP contribution is 2.19. The van der Waals surface area contributed by atoms with Gasteiger partial charge in [-0.05, 0) is 0 Å². The zero-order valence-electron chi connectivity index (χ0n) is 7.60. The first-order valence-corrected chi connectivity index (χ1v) is 4.80. The number of rotatable bonds is 4. The van der Waals surface area contributed by atoms with Gasteiger partial charge in [0, 0.05) is 19.0 Å². The van der Waals surface area contributed by atoms with Crippen molar-refractivity contribution >= 4 is 22.4 Å². The van der Waals surface area contributed by atoms with Crippen LogP contribution in [0.25, 0.3) is 0 Å². The monoisotopic (exact) mass is 211 g/mol. The second kappa shape index (κ2) is 4.58. The Bertz CT molecular complexity index is 369. The molecule has 5 nitrogen and oxygen atoms in total. The Morgan fingerprint density at radius 1 is 1.86 bits per heavy atom. The van der Waals surface area contributed by atoms with Gasteiger partial charge >= 0.3 is 5.97 Å². The minimum atomic E-state index is -1.03. The van der Waals surface area contributed by atoms with Crippen LogP contribution in [0.1, 0.15) is 16.9 Å². The molecule has 0 fully saturated rings. The van der Waals surface area contributed by atoms with Crippen molar-refractivity contribution in [2.24, 2.45) is 0 Å². The summed E-state index contributed by atoms with van der Waals surface area (Å²) in [7, 11) is 1.78. The summed E-state index contributed by atoms with van der Waals surface area (Å²) in [5.41, 5.74) is 0.0498. The summed E-state index contributed by atoms with van der Waals surface area (Å²) in [4.78, 5) is 16.2. The molecule has 0 aliphatic carbocycles. The Balaban J connectivity index is 2.67. The molecule has 0 bridgehead atoms. The number of carbonyl (C=O) groups is 1. The van der Waals surface area contributed by atoms with Crippen molar-refractivity contribution in [3.63, 3.8) is 0 Å². The van der Waals surface area contributed by atoms with Crippen LogP contribution in [-0.4, -0.2) is 29.7 Å². The molecule has 1 heterocycles. The molecule has 0 aromatic carbocycles. The van der Waals surface area contributed by atoms with Gasteiger partial charge in [0.05, 0.1) is 12.5 Å². The highest BCUT2D eigenvalue weighted by atomic mass is 32.1. The fourth-order valence-corrected chi connectivity index (χ4v) is 1.64. The average Bonchev–Trinajstić information content (AvgIpc) is 2.62. The molecule has 1 rings (SSSR count). The third-order valence-corrected chi connectivity index (χ3v) is 2.55. The lowest BCUT2D eigenvalue weighted by Crippen LogP contribution is -2.17. The van der Waals surface area contributed by atoms with E-state index in [1.165, 1.54) is 16.7 Å². The molecular weight excluding hydrogens is 202 g/mol. The summed E-state index contributed by atoms with van der Waals surface area (Å²) < 4.78 is 0. The number of nitriles is 1. The average molecular weight is 211 g/mol. The summed E-state index contributed by atoms with van der Waals surface area (Å²) >= 11 is 1.26. The van der Waals surface area contributed by atoms with Gasteiger partial charge in [0.15, 0.2) is 10.8 Å². The van der Waals surface area contributed by atoms with E-state index in [1.54, 1.807) is 11.9 Å². The highest BCUT2D eigenvalue weighted by Gasteiger charge is 2.10. The van der Waals surface area contributed by atoms with Crippen LogP contribution < -0.4 is 4.90 Å². The maximum Gasteiger partial charge on any atom is 0.355 e. The zero-order valence-corrected chi connectivity index (χ0v) is 8.41. The van der Waals surface area contributed by atoms with Gasteiger partial charge in [-0.15, -0.1) is 11.3 Å². The normalized spacial score (nSPS) is 9.43. The second-order valence-electron chi connectivity index (χ2n) is 2.65. The lowest BCUT2D eigenvalue weighted by atomic mass is 10.4. The fraction of sp³-hybridized carbons (Fsp3) is 0.375. The summed E-state index contributed by atoms with van der Waals surface area (Å²) in [6, 6.07) is 2.02. The van der Waals surface area contributed by atoms with Crippen molar-refractivity contribution in [1.29, 1.82) is 5.26 Å². The van der Waals surface area contributed by atoms with Crippen LogP contribution in [0.2, 0.25) is 0 Å². The molecule has 0 aliphatic heterocycles. The predicted octanol–water partition coefficient (Wildman–Crippen LogP) is 1.19. The van der Waals surface area contributed by atoms with E-state index in [4.69, 9.17) is 10.4 Å². The molecule has 1 aromatic rings. The molecule has 74 valence electrons. The molecule has 0 radical (unpaired) electrons. The first kappa shape index (κ1) is 10.5. The van der Waals surface area contributed by atoms with Crippen molar-refractivity contribution in [2.45, 2.75) is 6.42 Å². The van der Waals surface area contributed by atoms with E-state index in [2.05, 4.69) is 4.98 Å². The Labute approximate surface area is 85.2 Å². The molecule has 1 N–H and O–H groups in total. The molecule has 0 unspecified atom stereocenters. The van der Waals surface area contributed by atoms with E-state index in [1.807, 2.05) is 6.07 Å². The van der Waals surface area contributed by atoms with Crippen molar-refractivity contribution in [1.82, 2.24) is 4.98 Å². The van der Waals surface area contributed by atoms with E-state index in [0.29, 0.717) is 18.1 Å². The number of aromatic carboxylic acids is 1. The maximum absolute atomic E-state index is 10.5.